The highest BCUT2D eigenvalue weighted by Crippen LogP contribution is 2.28. The van der Waals surface area contributed by atoms with Gasteiger partial charge in [0.15, 0.2) is 0 Å². The number of methoxy groups -OCH3 is 1. The summed E-state index contributed by atoms with van der Waals surface area (Å²) in [4.78, 5) is 0. The molecule has 0 aliphatic rings. The van der Waals surface area contributed by atoms with Gasteiger partial charge >= 0.3 is 0 Å². The third-order valence-corrected chi connectivity index (χ3v) is 2.98. The molecule has 0 aromatic heterocycles. The minimum Gasteiger partial charge on any atom is -0.377 e. The maximum Gasteiger partial charge on any atom is 0.0839 e. The molecule has 0 fully saturated rings. The highest BCUT2D eigenvalue weighted by atomic mass is 16.5. The van der Waals surface area contributed by atoms with Gasteiger partial charge in [-0.1, -0.05) is 37.3 Å². The van der Waals surface area contributed by atoms with Crippen molar-refractivity contribution >= 4 is 0 Å². The van der Waals surface area contributed by atoms with E-state index < -0.39 is 0 Å². The number of nitrogens with two attached hydrogens (primary N) is 1. The molecule has 0 radical (unpaired) electrons. The van der Waals surface area contributed by atoms with Gasteiger partial charge in [0.05, 0.1) is 11.6 Å². The second kappa shape index (κ2) is 4.58. The Labute approximate surface area is 86.1 Å². The summed E-state index contributed by atoms with van der Waals surface area (Å²) in [6, 6.07) is 10.0. The smallest absolute Gasteiger partial charge is 0.0839 e. The molecule has 0 amide bonds. The summed E-state index contributed by atoms with van der Waals surface area (Å²) >= 11 is 0. The third-order valence-electron chi connectivity index (χ3n) is 2.98. The van der Waals surface area contributed by atoms with Crippen molar-refractivity contribution in [2.45, 2.75) is 31.9 Å². The van der Waals surface area contributed by atoms with Crippen LogP contribution in [-0.2, 0) is 4.74 Å². The number of hydrogen-bond donors (Lipinski definition) is 1. The van der Waals surface area contributed by atoms with Crippen LogP contribution < -0.4 is 5.73 Å². The van der Waals surface area contributed by atoms with Crippen LogP contribution in [0.2, 0.25) is 0 Å². The van der Waals surface area contributed by atoms with Crippen molar-refractivity contribution in [1.29, 1.82) is 0 Å². The fourth-order valence-electron chi connectivity index (χ4n) is 1.50. The minimum absolute atomic E-state index is 0.0706. The predicted molar refractivity (Wildman–Crippen MR) is 59.1 cm³/mol. The summed E-state index contributed by atoms with van der Waals surface area (Å²) < 4.78 is 5.48. The fraction of sp³-hybridized carbons (Fsp3) is 0.500. The van der Waals surface area contributed by atoms with Gasteiger partial charge in [0.25, 0.3) is 0 Å². The lowest BCUT2D eigenvalue weighted by Gasteiger charge is -2.33. The van der Waals surface area contributed by atoms with E-state index in [1.807, 2.05) is 37.3 Å². The Bertz CT molecular complexity index is 267. The molecule has 1 rings (SSSR count). The summed E-state index contributed by atoms with van der Waals surface area (Å²) in [6.07, 6.45) is 0.902. The van der Waals surface area contributed by atoms with Gasteiger partial charge in [0, 0.05) is 7.11 Å². The van der Waals surface area contributed by atoms with Crippen LogP contribution in [0.25, 0.3) is 0 Å². The first-order chi connectivity index (χ1) is 6.64. The normalized spacial score (nSPS) is 17.4. The van der Waals surface area contributed by atoms with Crippen molar-refractivity contribution < 1.29 is 4.74 Å². The van der Waals surface area contributed by atoms with E-state index in [0.29, 0.717) is 0 Å². The number of benzene rings is 1. The Morgan fingerprint density at radius 1 is 1.36 bits per heavy atom. The zero-order chi connectivity index (χ0) is 10.6. The van der Waals surface area contributed by atoms with Gasteiger partial charge in [-0.2, -0.15) is 0 Å². The number of hydrogen-bond acceptors (Lipinski definition) is 2. The average molecular weight is 193 g/mol. The SMILES string of the molecule is CCC(C)(OC)C(N)c1ccccc1. The van der Waals surface area contributed by atoms with E-state index in [-0.39, 0.29) is 11.6 Å². The second-order valence-electron chi connectivity index (χ2n) is 3.76. The van der Waals surface area contributed by atoms with Crippen LogP contribution >= 0.6 is 0 Å². The fourth-order valence-corrected chi connectivity index (χ4v) is 1.50. The molecule has 78 valence electrons. The zero-order valence-electron chi connectivity index (χ0n) is 9.16. The van der Waals surface area contributed by atoms with Crippen LogP contribution in [-0.4, -0.2) is 12.7 Å². The van der Waals surface area contributed by atoms with Crippen molar-refractivity contribution in [2.24, 2.45) is 5.73 Å². The summed E-state index contributed by atoms with van der Waals surface area (Å²) in [5, 5.41) is 0. The molecule has 0 aliphatic heterocycles. The lowest BCUT2D eigenvalue weighted by Crippen LogP contribution is -2.39. The molecule has 0 heterocycles. The molecule has 2 unspecified atom stereocenters. The maximum atomic E-state index is 6.17. The monoisotopic (exact) mass is 193 g/mol. The quantitative estimate of drug-likeness (QED) is 0.797. The Balaban J connectivity index is 2.89. The first-order valence-corrected chi connectivity index (χ1v) is 4.99. The Kier molecular flexibility index (Phi) is 3.67. The van der Waals surface area contributed by atoms with E-state index in [1.165, 1.54) is 0 Å². The molecule has 1 aromatic carbocycles. The molecular formula is C12H19NO. The topological polar surface area (TPSA) is 35.2 Å². The largest absolute Gasteiger partial charge is 0.377 e. The first-order valence-electron chi connectivity index (χ1n) is 4.99. The van der Waals surface area contributed by atoms with Crippen LogP contribution in [0.5, 0.6) is 0 Å². The molecule has 2 atom stereocenters. The molecular weight excluding hydrogens is 174 g/mol. The van der Waals surface area contributed by atoms with Crippen LogP contribution in [0.3, 0.4) is 0 Å². The highest BCUT2D eigenvalue weighted by molar-refractivity contribution is 5.21. The van der Waals surface area contributed by atoms with Crippen molar-refractivity contribution in [2.75, 3.05) is 7.11 Å². The second-order valence-corrected chi connectivity index (χ2v) is 3.76. The molecule has 2 nitrogen and oxygen atoms in total. The summed E-state index contributed by atoms with van der Waals surface area (Å²) in [5.74, 6) is 0. The van der Waals surface area contributed by atoms with Gasteiger partial charge in [-0.3, -0.25) is 0 Å². The van der Waals surface area contributed by atoms with Crippen LogP contribution in [0.15, 0.2) is 30.3 Å². The van der Waals surface area contributed by atoms with Gasteiger partial charge < -0.3 is 10.5 Å². The molecule has 2 N–H and O–H groups in total. The van der Waals surface area contributed by atoms with Crippen molar-refractivity contribution in [1.82, 2.24) is 0 Å². The third kappa shape index (κ3) is 2.14. The van der Waals surface area contributed by atoms with Gasteiger partial charge in [-0.05, 0) is 18.9 Å². The van der Waals surface area contributed by atoms with E-state index in [4.69, 9.17) is 10.5 Å². The van der Waals surface area contributed by atoms with Crippen LogP contribution in [0.1, 0.15) is 31.9 Å². The minimum atomic E-state index is -0.276. The van der Waals surface area contributed by atoms with Crippen molar-refractivity contribution in [3.63, 3.8) is 0 Å². The summed E-state index contributed by atoms with van der Waals surface area (Å²) in [6.45, 7) is 4.14. The van der Waals surface area contributed by atoms with Crippen molar-refractivity contribution in [3.05, 3.63) is 35.9 Å². The van der Waals surface area contributed by atoms with E-state index in [2.05, 4.69) is 6.92 Å². The molecule has 14 heavy (non-hydrogen) atoms. The van der Waals surface area contributed by atoms with Gasteiger partial charge in [-0.25, -0.2) is 0 Å². The molecule has 0 spiro atoms. The number of ether oxygens (including phenoxy) is 1. The highest BCUT2D eigenvalue weighted by Gasteiger charge is 2.30. The summed E-state index contributed by atoms with van der Waals surface area (Å²) in [7, 11) is 1.71. The van der Waals surface area contributed by atoms with Crippen molar-refractivity contribution in [3.8, 4) is 0 Å². The van der Waals surface area contributed by atoms with Gasteiger partial charge in [0.2, 0.25) is 0 Å². The lowest BCUT2D eigenvalue weighted by atomic mass is 9.88. The van der Waals surface area contributed by atoms with Gasteiger partial charge in [0.1, 0.15) is 0 Å². The molecule has 1 aromatic rings. The van der Waals surface area contributed by atoms with Gasteiger partial charge in [-0.15, -0.1) is 0 Å². The van der Waals surface area contributed by atoms with E-state index in [9.17, 15) is 0 Å². The number of rotatable bonds is 4. The standard InChI is InChI=1S/C12H19NO/c1-4-12(2,14-3)11(13)10-8-6-5-7-9-10/h5-9,11H,4,13H2,1-3H3. The van der Waals surface area contributed by atoms with E-state index in [1.54, 1.807) is 7.11 Å². The van der Waals surface area contributed by atoms with Crippen LogP contribution in [0, 0.1) is 0 Å². The summed E-state index contributed by atoms with van der Waals surface area (Å²) in [5.41, 5.74) is 7.02. The predicted octanol–water partition coefficient (Wildman–Crippen LogP) is 2.50. The maximum absolute atomic E-state index is 6.17. The lowest BCUT2D eigenvalue weighted by molar-refractivity contribution is -0.0194. The molecule has 0 aliphatic carbocycles. The van der Waals surface area contributed by atoms with E-state index >= 15 is 0 Å². The average Bonchev–Trinajstić information content (AvgIpc) is 2.28. The molecule has 0 bridgehead atoms. The van der Waals surface area contributed by atoms with Crippen LogP contribution in [0.4, 0.5) is 0 Å². The Hall–Kier alpha value is -0.860. The zero-order valence-corrected chi connectivity index (χ0v) is 9.16. The first kappa shape index (κ1) is 11.2. The molecule has 0 saturated heterocycles. The molecule has 0 saturated carbocycles. The Morgan fingerprint density at radius 2 is 1.93 bits per heavy atom. The van der Waals surface area contributed by atoms with E-state index in [0.717, 1.165) is 12.0 Å². The Morgan fingerprint density at radius 3 is 2.36 bits per heavy atom. The molecule has 2 heteroatoms.